The second-order valence-electron chi connectivity index (χ2n) is 4.72. The van der Waals surface area contributed by atoms with Gasteiger partial charge in [0.25, 0.3) is 0 Å². The molecule has 0 radical (unpaired) electrons. The van der Waals surface area contributed by atoms with Crippen LogP contribution in [0.3, 0.4) is 0 Å². The number of nitrogens with one attached hydrogen (secondary N) is 1. The van der Waals surface area contributed by atoms with Gasteiger partial charge in [0.2, 0.25) is 5.91 Å². The predicted octanol–water partition coefficient (Wildman–Crippen LogP) is 1.75. The first-order valence-corrected chi connectivity index (χ1v) is 7.14. The largest absolute Gasteiger partial charge is 0.340 e. The van der Waals surface area contributed by atoms with Gasteiger partial charge in [-0.2, -0.15) is 0 Å². The van der Waals surface area contributed by atoms with Crippen molar-refractivity contribution in [2.75, 3.05) is 26.2 Å². The van der Waals surface area contributed by atoms with Crippen molar-refractivity contribution in [1.29, 1.82) is 0 Å². The molecule has 0 aliphatic carbocycles. The molecule has 1 aromatic rings. The standard InChI is InChI=1S/C13H20N2OS/c1-11(9-12-3-2-8-17-12)10-13(16)15-6-4-14-5-7-15/h2-3,8,11,14H,4-7,9-10H2,1H3. The third-order valence-corrected chi connectivity index (χ3v) is 4.02. The molecule has 17 heavy (non-hydrogen) atoms. The highest BCUT2D eigenvalue weighted by Crippen LogP contribution is 2.17. The van der Waals surface area contributed by atoms with Gasteiger partial charge in [-0.15, -0.1) is 11.3 Å². The smallest absolute Gasteiger partial charge is 0.222 e. The Morgan fingerprint density at radius 1 is 1.53 bits per heavy atom. The van der Waals surface area contributed by atoms with Crippen molar-refractivity contribution >= 4 is 17.2 Å². The fourth-order valence-corrected chi connectivity index (χ4v) is 3.06. The van der Waals surface area contributed by atoms with Crippen LogP contribution in [-0.2, 0) is 11.2 Å². The maximum atomic E-state index is 12.0. The van der Waals surface area contributed by atoms with Gasteiger partial charge in [-0.25, -0.2) is 0 Å². The summed E-state index contributed by atoms with van der Waals surface area (Å²) in [6.07, 6.45) is 1.70. The SMILES string of the molecule is CC(CC(=O)N1CCNCC1)Cc1cccs1. The summed E-state index contributed by atoms with van der Waals surface area (Å²) in [5.41, 5.74) is 0. The lowest BCUT2D eigenvalue weighted by atomic mass is 10.0. The summed E-state index contributed by atoms with van der Waals surface area (Å²) in [6.45, 7) is 5.77. The molecule has 0 spiro atoms. The van der Waals surface area contributed by atoms with Crippen molar-refractivity contribution in [3.05, 3.63) is 22.4 Å². The Labute approximate surface area is 107 Å². The van der Waals surface area contributed by atoms with Crippen molar-refractivity contribution in [3.63, 3.8) is 0 Å². The summed E-state index contributed by atoms with van der Waals surface area (Å²) >= 11 is 1.78. The summed E-state index contributed by atoms with van der Waals surface area (Å²) in [6, 6.07) is 4.22. The Kier molecular flexibility index (Phi) is 4.57. The maximum absolute atomic E-state index is 12.0. The van der Waals surface area contributed by atoms with E-state index in [0.717, 1.165) is 32.6 Å². The molecule has 1 aliphatic heterocycles. The monoisotopic (exact) mass is 252 g/mol. The van der Waals surface area contributed by atoms with Crippen molar-refractivity contribution < 1.29 is 4.79 Å². The van der Waals surface area contributed by atoms with Crippen LogP contribution in [0.4, 0.5) is 0 Å². The van der Waals surface area contributed by atoms with E-state index in [-0.39, 0.29) is 0 Å². The molecule has 94 valence electrons. The van der Waals surface area contributed by atoms with Crippen LogP contribution >= 0.6 is 11.3 Å². The average Bonchev–Trinajstić information content (AvgIpc) is 2.82. The van der Waals surface area contributed by atoms with Crippen LogP contribution in [0.2, 0.25) is 0 Å². The number of thiophene rings is 1. The molecule has 1 fully saturated rings. The Hall–Kier alpha value is -0.870. The number of hydrogen-bond donors (Lipinski definition) is 1. The van der Waals surface area contributed by atoms with Crippen molar-refractivity contribution in [2.45, 2.75) is 19.8 Å². The number of nitrogens with zero attached hydrogens (tertiary/aromatic N) is 1. The number of amides is 1. The molecule has 1 unspecified atom stereocenters. The highest BCUT2D eigenvalue weighted by atomic mass is 32.1. The predicted molar refractivity (Wildman–Crippen MR) is 71.3 cm³/mol. The van der Waals surface area contributed by atoms with Crippen molar-refractivity contribution in [3.8, 4) is 0 Å². The van der Waals surface area contributed by atoms with E-state index in [1.54, 1.807) is 11.3 Å². The first-order valence-electron chi connectivity index (χ1n) is 6.26. The first kappa shape index (κ1) is 12.6. The molecule has 1 aliphatic rings. The zero-order valence-corrected chi connectivity index (χ0v) is 11.1. The van der Waals surface area contributed by atoms with Crippen molar-refractivity contribution in [2.24, 2.45) is 5.92 Å². The van der Waals surface area contributed by atoms with Crippen LogP contribution in [0.5, 0.6) is 0 Å². The number of rotatable bonds is 4. The molecule has 0 saturated carbocycles. The van der Waals surface area contributed by atoms with Crippen LogP contribution in [0.1, 0.15) is 18.2 Å². The Morgan fingerprint density at radius 3 is 2.94 bits per heavy atom. The minimum absolute atomic E-state index is 0.315. The lowest BCUT2D eigenvalue weighted by Crippen LogP contribution is -2.46. The molecule has 1 atom stereocenters. The third kappa shape index (κ3) is 3.82. The average molecular weight is 252 g/mol. The Bertz CT molecular complexity index is 344. The van der Waals surface area contributed by atoms with Gasteiger partial charge in [-0.3, -0.25) is 4.79 Å². The summed E-state index contributed by atoms with van der Waals surface area (Å²) in [4.78, 5) is 15.4. The highest BCUT2D eigenvalue weighted by molar-refractivity contribution is 7.09. The molecule has 0 bridgehead atoms. The highest BCUT2D eigenvalue weighted by Gasteiger charge is 2.18. The van der Waals surface area contributed by atoms with Crippen LogP contribution in [0.25, 0.3) is 0 Å². The molecule has 3 nitrogen and oxygen atoms in total. The number of carbonyl (C=O) groups excluding carboxylic acids is 1. The fourth-order valence-electron chi connectivity index (χ4n) is 2.19. The zero-order chi connectivity index (χ0) is 12.1. The Morgan fingerprint density at radius 2 is 2.29 bits per heavy atom. The van der Waals surface area contributed by atoms with Gasteiger partial charge in [0.1, 0.15) is 0 Å². The van der Waals surface area contributed by atoms with E-state index in [1.807, 2.05) is 4.90 Å². The first-order chi connectivity index (χ1) is 8.25. The van der Waals surface area contributed by atoms with Gasteiger partial charge in [0.05, 0.1) is 0 Å². The van der Waals surface area contributed by atoms with E-state index in [4.69, 9.17) is 0 Å². The maximum Gasteiger partial charge on any atom is 0.222 e. The van der Waals surface area contributed by atoms with Gasteiger partial charge < -0.3 is 10.2 Å². The summed E-state index contributed by atoms with van der Waals surface area (Å²) < 4.78 is 0. The molecule has 1 N–H and O–H groups in total. The lowest BCUT2D eigenvalue weighted by Gasteiger charge is -2.28. The molecule has 2 rings (SSSR count). The minimum Gasteiger partial charge on any atom is -0.340 e. The molecule has 1 aromatic heterocycles. The summed E-state index contributed by atoms with van der Waals surface area (Å²) in [7, 11) is 0. The van der Waals surface area contributed by atoms with Gasteiger partial charge in [0, 0.05) is 37.5 Å². The normalized spacial score (nSPS) is 18.1. The molecule has 2 heterocycles. The fraction of sp³-hybridized carbons (Fsp3) is 0.615. The van der Waals surface area contributed by atoms with Crippen LogP contribution in [-0.4, -0.2) is 37.0 Å². The summed E-state index contributed by atoms with van der Waals surface area (Å²) in [5, 5.41) is 5.36. The minimum atomic E-state index is 0.315. The molecule has 0 aromatic carbocycles. The van der Waals surface area contributed by atoms with E-state index < -0.39 is 0 Å². The number of piperazine rings is 1. The molecule has 4 heteroatoms. The van der Waals surface area contributed by atoms with E-state index in [2.05, 4.69) is 29.8 Å². The van der Waals surface area contributed by atoms with Crippen LogP contribution in [0.15, 0.2) is 17.5 Å². The molecular formula is C13H20N2OS. The van der Waals surface area contributed by atoms with Crippen LogP contribution < -0.4 is 5.32 Å². The van der Waals surface area contributed by atoms with Gasteiger partial charge in [-0.1, -0.05) is 13.0 Å². The molecule has 1 amide bonds. The zero-order valence-electron chi connectivity index (χ0n) is 10.3. The van der Waals surface area contributed by atoms with Crippen LogP contribution in [0, 0.1) is 5.92 Å². The van der Waals surface area contributed by atoms with Gasteiger partial charge in [0.15, 0.2) is 0 Å². The second-order valence-corrected chi connectivity index (χ2v) is 5.76. The number of carbonyl (C=O) groups is 1. The lowest BCUT2D eigenvalue weighted by molar-refractivity contribution is -0.132. The second kappa shape index (κ2) is 6.17. The van der Waals surface area contributed by atoms with E-state index in [0.29, 0.717) is 18.2 Å². The van der Waals surface area contributed by atoms with Crippen molar-refractivity contribution in [1.82, 2.24) is 10.2 Å². The van der Waals surface area contributed by atoms with Gasteiger partial charge in [-0.05, 0) is 23.8 Å². The topological polar surface area (TPSA) is 32.3 Å². The van der Waals surface area contributed by atoms with Gasteiger partial charge >= 0.3 is 0 Å². The number of hydrogen-bond acceptors (Lipinski definition) is 3. The quantitative estimate of drug-likeness (QED) is 0.885. The van der Waals surface area contributed by atoms with E-state index >= 15 is 0 Å². The van der Waals surface area contributed by atoms with E-state index in [9.17, 15) is 4.79 Å². The van der Waals surface area contributed by atoms with E-state index in [1.165, 1.54) is 4.88 Å². The molecule has 1 saturated heterocycles. The molecular weight excluding hydrogens is 232 g/mol. The Balaban J connectivity index is 1.77. The third-order valence-electron chi connectivity index (χ3n) is 3.12. The summed E-state index contributed by atoms with van der Waals surface area (Å²) in [5.74, 6) is 0.756.